The number of ketones is 1. The van der Waals surface area contributed by atoms with Crippen LogP contribution in [0.5, 0.6) is 0 Å². The average molecular weight is 543 g/mol. The molecule has 0 bridgehead atoms. The van der Waals surface area contributed by atoms with Gasteiger partial charge >= 0.3 is 5.97 Å². The molecule has 2 aromatic rings. The van der Waals surface area contributed by atoms with Crippen molar-refractivity contribution in [3.05, 3.63) is 53.1 Å². The van der Waals surface area contributed by atoms with Crippen molar-refractivity contribution in [2.24, 2.45) is 23.0 Å². The second kappa shape index (κ2) is 13.1. The number of carbonyl (C=O) groups excluding carboxylic acids is 2. The van der Waals surface area contributed by atoms with E-state index in [1.54, 1.807) is 19.9 Å². The number of fused-ring (bicyclic) bond motifs is 1. The molecule has 8 heteroatoms. The van der Waals surface area contributed by atoms with Crippen LogP contribution in [0.4, 0.5) is 0 Å². The van der Waals surface area contributed by atoms with Gasteiger partial charge in [0.1, 0.15) is 16.9 Å². The largest absolute Gasteiger partial charge is 0.457 e. The number of aromatic nitrogens is 1. The van der Waals surface area contributed by atoms with Gasteiger partial charge in [0.05, 0.1) is 34.3 Å². The van der Waals surface area contributed by atoms with Gasteiger partial charge in [-0.3, -0.25) is 9.59 Å². The number of nitrogens with zero attached hydrogens (tertiary/aromatic N) is 1. The lowest BCUT2D eigenvalue weighted by Crippen LogP contribution is -2.46. The Labute approximate surface area is 229 Å². The predicted octanol–water partition coefficient (Wildman–Crippen LogP) is 5.40. The first-order chi connectivity index (χ1) is 18.0. The van der Waals surface area contributed by atoms with Crippen LogP contribution in [0.3, 0.4) is 0 Å². The molecule has 0 aliphatic carbocycles. The standard InChI is InChI=1S/C30H42N2O5S/c1-6-8-21-28(35)19(3)10-7-9-18(2)11-13-23(37-27(34)16-25(33)30(4,5)29(21)36)20-12-14-24-22(15-20)32-26(17-31)38-24/h6,11-12,14-15,19,21,23,25,28,33,35H,1,7-10,13,16-17,31H2,2-5H3/b18-11-/t19-,21+,23-,25-,28-/m0/s1. The van der Waals surface area contributed by atoms with Gasteiger partial charge in [0, 0.05) is 18.9 Å². The highest BCUT2D eigenvalue weighted by Crippen LogP contribution is 2.35. The second-order valence-corrected chi connectivity index (χ2v) is 12.2. The monoisotopic (exact) mass is 542 g/mol. The number of allylic oxidation sites excluding steroid dienone is 2. The third-order valence-corrected chi connectivity index (χ3v) is 8.83. The fraction of sp³-hybridized carbons (Fsp3) is 0.567. The normalized spacial score (nSPS) is 29.4. The minimum absolute atomic E-state index is 0.0986. The Morgan fingerprint density at radius 1 is 1.29 bits per heavy atom. The maximum atomic E-state index is 13.6. The summed E-state index contributed by atoms with van der Waals surface area (Å²) in [6.07, 6.45) is 3.94. The third-order valence-electron chi connectivity index (χ3n) is 7.77. The van der Waals surface area contributed by atoms with Crippen LogP contribution < -0.4 is 5.73 Å². The van der Waals surface area contributed by atoms with Crippen LogP contribution in [0, 0.1) is 17.3 Å². The Bertz CT molecular complexity index is 1170. The van der Waals surface area contributed by atoms with Gasteiger partial charge in [-0.1, -0.05) is 44.6 Å². The Hall–Kier alpha value is -2.39. The number of aliphatic hydroxyl groups excluding tert-OH is 2. The summed E-state index contributed by atoms with van der Waals surface area (Å²) < 4.78 is 6.93. The summed E-state index contributed by atoms with van der Waals surface area (Å²) in [5, 5.41) is 22.9. The minimum Gasteiger partial charge on any atom is -0.457 e. The number of aliphatic hydroxyl groups is 2. The van der Waals surface area contributed by atoms with Crippen LogP contribution >= 0.6 is 11.3 Å². The summed E-state index contributed by atoms with van der Waals surface area (Å²) in [5.41, 5.74) is 7.30. The van der Waals surface area contributed by atoms with E-state index in [4.69, 9.17) is 10.5 Å². The fourth-order valence-electron chi connectivity index (χ4n) is 5.06. The second-order valence-electron chi connectivity index (χ2n) is 11.1. The van der Waals surface area contributed by atoms with Crippen molar-refractivity contribution < 1.29 is 24.5 Å². The molecule has 0 amide bonds. The van der Waals surface area contributed by atoms with Crippen molar-refractivity contribution in [1.82, 2.24) is 4.98 Å². The summed E-state index contributed by atoms with van der Waals surface area (Å²) in [6, 6.07) is 5.83. The van der Waals surface area contributed by atoms with Crippen LogP contribution in [0.15, 0.2) is 42.5 Å². The number of rotatable bonds is 4. The average Bonchev–Trinajstić information content (AvgIpc) is 3.30. The molecule has 1 aliphatic heterocycles. The van der Waals surface area contributed by atoms with Gasteiger partial charge < -0.3 is 20.7 Å². The molecule has 3 rings (SSSR count). The number of hydrogen-bond donors (Lipinski definition) is 3. The lowest BCUT2D eigenvalue weighted by atomic mass is 9.71. The van der Waals surface area contributed by atoms with Crippen molar-refractivity contribution in [1.29, 1.82) is 0 Å². The lowest BCUT2D eigenvalue weighted by molar-refractivity contribution is -0.156. The van der Waals surface area contributed by atoms with Gasteiger partial charge in [-0.05, 0) is 56.2 Å². The maximum absolute atomic E-state index is 13.6. The summed E-state index contributed by atoms with van der Waals surface area (Å²) >= 11 is 1.54. The molecule has 1 aliphatic rings. The molecule has 4 N–H and O–H groups in total. The molecule has 208 valence electrons. The topological polar surface area (TPSA) is 123 Å². The Morgan fingerprint density at radius 2 is 2.03 bits per heavy atom. The number of cyclic esters (lactones) is 1. The van der Waals surface area contributed by atoms with Gasteiger partial charge in [-0.15, -0.1) is 17.9 Å². The van der Waals surface area contributed by atoms with Gasteiger partial charge in [-0.25, -0.2) is 4.98 Å². The zero-order chi connectivity index (χ0) is 28.0. The predicted molar refractivity (Wildman–Crippen MR) is 151 cm³/mol. The first kappa shape index (κ1) is 30.2. The van der Waals surface area contributed by atoms with E-state index in [9.17, 15) is 19.8 Å². The van der Waals surface area contributed by atoms with Gasteiger partial charge in [-0.2, -0.15) is 0 Å². The molecule has 0 saturated carbocycles. The van der Waals surface area contributed by atoms with E-state index in [0.29, 0.717) is 19.4 Å². The quantitative estimate of drug-likeness (QED) is 0.349. The highest BCUT2D eigenvalue weighted by molar-refractivity contribution is 7.18. The smallest absolute Gasteiger partial charge is 0.309 e. The zero-order valence-corrected chi connectivity index (χ0v) is 23.8. The van der Waals surface area contributed by atoms with Gasteiger partial charge in [0.2, 0.25) is 0 Å². The Morgan fingerprint density at radius 3 is 2.71 bits per heavy atom. The van der Waals surface area contributed by atoms with Crippen LogP contribution in [-0.4, -0.2) is 39.2 Å². The number of hydrogen-bond acceptors (Lipinski definition) is 8. The van der Waals surface area contributed by atoms with Crippen molar-refractivity contribution in [3.63, 3.8) is 0 Å². The summed E-state index contributed by atoms with van der Waals surface area (Å²) in [4.78, 5) is 31.2. The van der Waals surface area contributed by atoms with E-state index in [-0.39, 0.29) is 18.1 Å². The first-order valence-electron chi connectivity index (χ1n) is 13.4. The fourth-order valence-corrected chi connectivity index (χ4v) is 5.88. The lowest BCUT2D eigenvalue weighted by Gasteiger charge is -2.35. The highest BCUT2D eigenvalue weighted by atomic mass is 32.1. The molecule has 0 radical (unpaired) electrons. The van der Waals surface area contributed by atoms with Crippen molar-refractivity contribution in [2.75, 3.05) is 0 Å². The number of thiazole rings is 1. The molecule has 0 saturated heterocycles. The SMILES string of the molecule is C=CC[C@H]1C(=O)C(C)(C)[C@@H](O)CC(=O)O[C@H](c2ccc3sc(CN)nc3c2)C/C=C(/C)CCC[C@H](C)[C@@H]1O. The molecule has 1 aromatic heterocycles. The van der Waals surface area contributed by atoms with Gasteiger partial charge in [0.25, 0.3) is 0 Å². The number of nitrogens with two attached hydrogens (primary N) is 1. The molecule has 0 unspecified atom stereocenters. The number of Topliss-reactive ketones (excluding diaryl/α,β-unsaturated/α-hetero) is 1. The minimum atomic E-state index is -1.27. The third kappa shape index (κ3) is 7.17. The molecular formula is C30H42N2O5S. The molecule has 0 spiro atoms. The summed E-state index contributed by atoms with van der Waals surface area (Å²) in [5.74, 6) is -1.67. The van der Waals surface area contributed by atoms with Crippen LogP contribution in [0.2, 0.25) is 0 Å². The zero-order valence-electron chi connectivity index (χ0n) is 23.0. The van der Waals surface area contributed by atoms with E-state index in [1.165, 1.54) is 16.9 Å². The first-order valence-corrected chi connectivity index (χ1v) is 14.2. The van der Waals surface area contributed by atoms with Gasteiger partial charge in [0.15, 0.2) is 0 Å². The molecule has 1 aromatic carbocycles. The highest BCUT2D eigenvalue weighted by Gasteiger charge is 2.43. The Balaban J connectivity index is 1.93. The van der Waals surface area contributed by atoms with E-state index < -0.39 is 35.6 Å². The van der Waals surface area contributed by atoms with E-state index in [1.807, 2.05) is 25.1 Å². The van der Waals surface area contributed by atoms with Crippen molar-refractivity contribution in [3.8, 4) is 0 Å². The molecule has 5 atom stereocenters. The number of carbonyl (C=O) groups is 2. The summed E-state index contributed by atoms with van der Waals surface area (Å²) in [7, 11) is 0. The number of ether oxygens (including phenoxy) is 1. The molecule has 2 heterocycles. The van der Waals surface area contributed by atoms with Crippen LogP contribution in [-0.2, 0) is 20.9 Å². The maximum Gasteiger partial charge on any atom is 0.309 e. The van der Waals surface area contributed by atoms with E-state index in [2.05, 4.69) is 24.6 Å². The number of esters is 1. The number of benzene rings is 1. The molecular weight excluding hydrogens is 500 g/mol. The molecule has 38 heavy (non-hydrogen) atoms. The molecule has 7 nitrogen and oxygen atoms in total. The summed E-state index contributed by atoms with van der Waals surface area (Å²) in [6.45, 7) is 11.4. The van der Waals surface area contributed by atoms with Crippen LogP contribution in [0.25, 0.3) is 10.2 Å². The van der Waals surface area contributed by atoms with Crippen molar-refractivity contribution >= 4 is 33.3 Å². The Kier molecular flexibility index (Phi) is 10.4. The van der Waals surface area contributed by atoms with Crippen molar-refractivity contribution in [2.45, 2.75) is 91.1 Å². The van der Waals surface area contributed by atoms with Crippen LogP contribution in [0.1, 0.15) is 82.9 Å². The van der Waals surface area contributed by atoms with E-state index in [0.717, 1.165) is 40.1 Å². The molecule has 0 fully saturated rings. The van der Waals surface area contributed by atoms with E-state index >= 15 is 0 Å².